The van der Waals surface area contributed by atoms with Crippen LogP contribution in [0, 0.1) is 5.92 Å². The molecule has 1 aromatic carbocycles. The van der Waals surface area contributed by atoms with Crippen LogP contribution in [-0.2, 0) is 4.79 Å². The Balaban J connectivity index is 1.16. The molecule has 7 heteroatoms. The van der Waals surface area contributed by atoms with E-state index >= 15 is 0 Å². The predicted octanol–water partition coefficient (Wildman–Crippen LogP) is 3.59. The molecule has 2 fully saturated rings. The van der Waals surface area contributed by atoms with E-state index in [0.717, 1.165) is 55.9 Å². The molecule has 2 aliphatic heterocycles. The fourth-order valence-electron chi connectivity index (χ4n) is 4.61. The number of piperidine rings is 1. The Kier molecular flexibility index (Phi) is 5.45. The number of para-hydroxylation sites is 2. The summed E-state index contributed by atoms with van der Waals surface area (Å²) in [4.78, 5) is 22.0. The first-order valence-electron chi connectivity index (χ1n) is 10.9. The molecule has 0 bridgehead atoms. The fourth-order valence-corrected chi connectivity index (χ4v) is 4.61. The van der Waals surface area contributed by atoms with E-state index in [0.29, 0.717) is 12.6 Å². The van der Waals surface area contributed by atoms with E-state index in [-0.39, 0.29) is 17.9 Å². The van der Waals surface area contributed by atoms with Crippen LogP contribution in [0.2, 0.25) is 0 Å². The average molecular weight is 409 g/mol. The van der Waals surface area contributed by atoms with Crippen molar-refractivity contribution in [1.29, 1.82) is 0 Å². The van der Waals surface area contributed by atoms with Crippen molar-refractivity contribution in [2.75, 3.05) is 37.6 Å². The van der Waals surface area contributed by atoms with Gasteiger partial charge in [0.15, 0.2) is 5.58 Å². The number of rotatable bonds is 6. The van der Waals surface area contributed by atoms with Gasteiger partial charge in [-0.05, 0) is 63.0 Å². The van der Waals surface area contributed by atoms with E-state index in [1.807, 2.05) is 36.4 Å². The minimum absolute atomic E-state index is 0.0291. The maximum atomic E-state index is 12.9. The van der Waals surface area contributed by atoms with Gasteiger partial charge in [0.2, 0.25) is 5.91 Å². The third-order valence-corrected chi connectivity index (χ3v) is 6.34. The molecule has 1 atom stereocenters. The second kappa shape index (κ2) is 8.52. The standard InChI is InChI=1S/C23H28N4O3/c28-22(24-16-19(21-8-5-15-29-21)26-11-3-4-12-26)17-9-13-27(14-10-17)23-25-18-6-1-2-7-20(18)30-23/h1-2,5-8,15,17,19H,3-4,9-14,16H2,(H,24,28). The lowest BCUT2D eigenvalue weighted by Crippen LogP contribution is -2.43. The number of likely N-dealkylation sites (tertiary alicyclic amines) is 1. The van der Waals surface area contributed by atoms with E-state index in [2.05, 4.69) is 20.1 Å². The van der Waals surface area contributed by atoms with Crippen LogP contribution < -0.4 is 10.2 Å². The Labute approximate surface area is 176 Å². The highest BCUT2D eigenvalue weighted by Gasteiger charge is 2.30. The van der Waals surface area contributed by atoms with Gasteiger partial charge in [-0.3, -0.25) is 9.69 Å². The molecule has 0 spiro atoms. The number of amides is 1. The van der Waals surface area contributed by atoms with Crippen LogP contribution in [0.15, 0.2) is 51.5 Å². The van der Waals surface area contributed by atoms with Gasteiger partial charge < -0.3 is 19.1 Å². The zero-order valence-electron chi connectivity index (χ0n) is 17.1. The van der Waals surface area contributed by atoms with E-state index in [9.17, 15) is 4.79 Å². The molecule has 2 aliphatic rings. The minimum Gasteiger partial charge on any atom is -0.468 e. The Hall–Kier alpha value is -2.80. The number of fused-ring (bicyclic) bond motifs is 1. The quantitative estimate of drug-likeness (QED) is 0.672. The zero-order chi connectivity index (χ0) is 20.3. The van der Waals surface area contributed by atoms with Crippen LogP contribution in [0.5, 0.6) is 0 Å². The molecule has 1 amide bonds. The number of nitrogens with zero attached hydrogens (tertiary/aromatic N) is 3. The minimum atomic E-state index is 0.0291. The maximum absolute atomic E-state index is 12.9. The molecule has 0 radical (unpaired) electrons. The summed E-state index contributed by atoms with van der Waals surface area (Å²) in [6, 6.07) is 12.5. The summed E-state index contributed by atoms with van der Waals surface area (Å²) in [5, 5.41) is 3.20. The summed E-state index contributed by atoms with van der Waals surface area (Å²) in [5.74, 6) is 1.10. The van der Waals surface area contributed by atoms with Crippen LogP contribution in [0.1, 0.15) is 37.5 Å². The van der Waals surface area contributed by atoms with Gasteiger partial charge >= 0.3 is 0 Å². The Morgan fingerprint density at radius 3 is 2.63 bits per heavy atom. The largest absolute Gasteiger partial charge is 0.468 e. The predicted molar refractivity (Wildman–Crippen MR) is 114 cm³/mol. The highest BCUT2D eigenvalue weighted by Crippen LogP contribution is 2.28. The molecule has 2 saturated heterocycles. The lowest BCUT2D eigenvalue weighted by atomic mass is 9.96. The normalized spacial score (nSPS) is 19.4. The van der Waals surface area contributed by atoms with Crippen LogP contribution in [0.3, 0.4) is 0 Å². The molecule has 158 valence electrons. The van der Waals surface area contributed by atoms with Crippen LogP contribution in [0.25, 0.3) is 11.1 Å². The van der Waals surface area contributed by atoms with Crippen molar-refractivity contribution in [2.24, 2.45) is 5.92 Å². The molecule has 0 aliphatic carbocycles. The highest BCUT2D eigenvalue weighted by atomic mass is 16.4. The summed E-state index contributed by atoms with van der Waals surface area (Å²) in [6.45, 7) is 4.27. The van der Waals surface area contributed by atoms with Crippen molar-refractivity contribution in [2.45, 2.75) is 31.7 Å². The van der Waals surface area contributed by atoms with Crippen LogP contribution in [-0.4, -0.2) is 48.5 Å². The molecular formula is C23H28N4O3. The van der Waals surface area contributed by atoms with Gasteiger partial charge in [-0.1, -0.05) is 12.1 Å². The first-order valence-corrected chi connectivity index (χ1v) is 10.9. The second-order valence-corrected chi connectivity index (χ2v) is 8.24. The summed E-state index contributed by atoms with van der Waals surface area (Å²) in [7, 11) is 0. The monoisotopic (exact) mass is 408 g/mol. The lowest BCUT2D eigenvalue weighted by molar-refractivity contribution is -0.125. The smallest absolute Gasteiger partial charge is 0.298 e. The average Bonchev–Trinajstić information content (AvgIpc) is 3.55. The molecule has 7 nitrogen and oxygen atoms in total. The molecule has 30 heavy (non-hydrogen) atoms. The number of hydrogen-bond donors (Lipinski definition) is 1. The summed E-state index contributed by atoms with van der Waals surface area (Å²) < 4.78 is 11.5. The first-order chi connectivity index (χ1) is 14.8. The number of oxazole rings is 1. The van der Waals surface area contributed by atoms with Crippen LogP contribution >= 0.6 is 0 Å². The molecule has 0 saturated carbocycles. The van der Waals surface area contributed by atoms with Gasteiger partial charge in [0.25, 0.3) is 6.01 Å². The first kappa shape index (κ1) is 19.2. The fraction of sp³-hybridized carbons (Fsp3) is 0.478. The Morgan fingerprint density at radius 1 is 1.10 bits per heavy atom. The van der Waals surface area contributed by atoms with Crippen molar-refractivity contribution in [1.82, 2.24) is 15.2 Å². The molecule has 1 unspecified atom stereocenters. The second-order valence-electron chi connectivity index (χ2n) is 8.24. The number of nitrogens with one attached hydrogen (secondary N) is 1. The number of benzene rings is 1. The number of furan rings is 1. The van der Waals surface area contributed by atoms with Crippen molar-refractivity contribution in [3.63, 3.8) is 0 Å². The molecule has 2 aromatic heterocycles. The number of anilines is 1. The number of hydrogen-bond acceptors (Lipinski definition) is 6. The Bertz CT molecular complexity index is 936. The SMILES string of the molecule is O=C(NCC(c1ccco1)N1CCCC1)C1CCN(c2nc3ccccc3o2)CC1. The molecule has 4 heterocycles. The molecular weight excluding hydrogens is 380 g/mol. The third-order valence-electron chi connectivity index (χ3n) is 6.34. The number of aromatic nitrogens is 1. The maximum Gasteiger partial charge on any atom is 0.298 e. The van der Waals surface area contributed by atoms with Crippen molar-refractivity contribution in [3.8, 4) is 0 Å². The molecule has 5 rings (SSSR count). The lowest BCUT2D eigenvalue weighted by Gasteiger charge is -2.31. The van der Waals surface area contributed by atoms with Gasteiger partial charge in [0, 0.05) is 25.6 Å². The van der Waals surface area contributed by atoms with Crippen molar-refractivity contribution in [3.05, 3.63) is 48.4 Å². The zero-order valence-corrected chi connectivity index (χ0v) is 17.1. The van der Waals surface area contributed by atoms with Gasteiger partial charge in [0.1, 0.15) is 11.3 Å². The van der Waals surface area contributed by atoms with Crippen LogP contribution in [0.4, 0.5) is 6.01 Å². The summed E-state index contributed by atoms with van der Waals surface area (Å²) >= 11 is 0. The summed E-state index contributed by atoms with van der Waals surface area (Å²) in [6.07, 6.45) is 5.74. The van der Waals surface area contributed by atoms with Gasteiger partial charge in [-0.2, -0.15) is 4.98 Å². The molecule has 1 N–H and O–H groups in total. The van der Waals surface area contributed by atoms with E-state index in [1.165, 1.54) is 12.8 Å². The Morgan fingerprint density at radius 2 is 1.90 bits per heavy atom. The van der Waals surface area contributed by atoms with E-state index in [1.54, 1.807) is 6.26 Å². The van der Waals surface area contributed by atoms with Gasteiger partial charge in [-0.15, -0.1) is 0 Å². The van der Waals surface area contributed by atoms with Gasteiger partial charge in [-0.25, -0.2) is 0 Å². The number of carbonyl (C=O) groups is 1. The van der Waals surface area contributed by atoms with Gasteiger partial charge in [0.05, 0.1) is 12.3 Å². The van der Waals surface area contributed by atoms with E-state index in [4.69, 9.17) is 8.83 Å². The highest BCUT2D eigenvalue weighted by molar-refractivity contribution is 5.79. The van der Waals surface area contributed by atoms with Crippen molar-refractivity contribution < 1.29 is 13.6 Å². The summed E-state index contributed by atoms with van der Waals surface area (Å²) in [5.41, 5.74) is 1.68. The number of carbonyl (C=O) groups excluding carboxylic acids is 1. The third kappa shape index (κ3) is 3.94. The van der Waals surface area contributed by atoms with Crippen molar-refractivity contribution >= 4 is 23.0 Å². The topological polar surface area (TPSA) is 74.8 Å². The van der Waals surface area contributed by atoms with E-state index < -0.39 is 0 Å². The molecule has 3 aromatic rings.